The monoisotopic (exact) mass is 337 g/mol. The van der Waals surface area contributed by atoms with Gasteiger partial charge in [-0.15, -0.1) is 11.3 Å². The molecular weight excluding hydrogens is 322 g/mol. The van der Waals surface area contributed by atoms with E-state index in [1.54, 1.807) is 12.1 Å². The molecule has 0 atom stereocenters. The molecule has 6 nitrogen and oxygen atoms in total. The Hall–Kier alpha value is -3.11. The minimum atomic E-state index is 0.129. The van der Waals surface area contributed by atoms with Crippen LogP contribution in [0.2, 0.25) is 0 Å². The molecule has 4 N–H and O–H groups in total. The number of phenolic OH excluding ortho intramolecular Hbond substituents is 1. The Bertz CT molecular complexity index is 869. The van der Waals surface area contributed by atoms with Crippen LogP contribution >= 0.6 is 11.3 Å². The van der Waals surface area contributed by atoms with E-state index in [9.17, 15) is 10.4 Å². The van der Waals surface area contributed by atoms with Crippen molar-refractivity contribution < 1.29 is 5.11 Å². The predicted octanol–water partition coefficient (Wildman–Crippen LogP) is 3.02. The highest BCUT2D eigenvalue weighted by molar-refractivity contribution is 7.13. The second-order valence-corrected chi connectivity index (χ2v) is 6.03. The molecule has 0 fully saturated rings. The summed E-state index contributed by atoms with van der Waals surface area (Å²) in [5, 5.41) is 23.9. The first-order valence-electron chi connectivity index (χ1n) is 7.30. The predicted molar refractivity (Wildman–Crippen MR) is 94.8 cm³/mol. The molecule has 2 aromatic heterocycles. The SMILES string of the molecule is N#Cc1c(NCCc2ccc(O)cc2)nc(N)nc1-c1cccs1. The largest absolute Gasteiger partial charge is 0.508 e. The maximum Gasteiger partial charge on any atom is 0.222 e. The molecule has 7 heteroatoms. The first-order valence-corrected chi connectivity index (χ1v) is 8.18. The summed E-state index contributed by atoms with van der Waals surface area (Å²) in [6, 6.07) is 13.0. The Balaban J connectivity index is 1.80. The number of nitrogens with one attached hydrogen (secondary N) is 1. The molecule has 24 heavy (non-hydrogen) atoms. The Morgan fingerprint density at radius 1 is 1.21 bits per heavy atom. The summed E-state index contributed by atoms with van der Waals surface area (Å²) < 4.78 is 0. The van der Waals surface area contributed by atoms with Gasteiger partial charge in [0.25, 0.3) is 0 Å². The number of nitriles is 1. The van der Waals surface area contributed by atoms with Crippen LogP contribution in [0.4, 0.5) is 11.8 Å². The molecule has 0 radical (unpaired) electrons. The van der Waals surface area contributed by atoms with E-state index >= 15 is 0 Å². The van der Waals surface area contributed by atoms with Gasteiger partial charge in [0.2, 0.25) is 5.95 Å². The molecule has 2 heterocycles. The summed E-state index contributed by atoms with van der Waals surface area (Å²) in [6.07, 6.45) is 0.726. The zero-order chi connectivity index (χ0) is 16.9. The number of hydrogen-bond donors (Lipinski definition) is 3. The van der Waals surface area contributed by atoms with Gasteiger partial charge >= 0.3 is 0 Å². The van der Waals surface area contributed by atoms with Crippen molar-refractivity contribution in [2.24, 2.45) is 0 Å². The van der Waals surface area contributed by atoms with Crippen LogP contribution in [0.3, 0.4) is 0 Å². The van der Waals surface area contributed by atoms with Crippen LogP contribution in [0.5, 0.6) is 5.75 Å². The average Bonchev–Trinajstić information content (AvgIpc) is 3.10. The third-order valence-corrected chi connectivity index (χ3v) is 4.31. The number of nitrogen functional groups attached to an aromatic ring is 1. The molecule has 0 aliphatic heterocycles. The van der Waals surface area contributed by atoms with Crippen molar-refractivity contribution in [3.8, 4) is 22.4 Å². The Labute approximate surface area is 143 Å². The van der Waals surface area contributed by atoms with E-state index in [0.717, 1.165) is 16.9 Å². The van der Waals surface area contributed by atoms with Crippen LogP contribution in [0, 0.1) is 11.3 Å². The maximum atomic E-state index is 9.50. The van der Waals surface area contributed by atoms with Gasteiger partial charge in [-0.2, -0.15) is 10.2 Å². The molecule has 0 spiro atoms. The number of nitrogens with two attached hydrogens (primary N) is 1. The lowest BCUT2D eigenvalue weighted by atomic mass is 10.1. The molecule has 1 aromatic carbocycles. The van der Waals surface area contributed by atoms with E-state index in [1.165, 1.54) is 11.3 Å². The van der Waals surface area contributed by atoms with Crippen LogP contribution in [-0.2, 0) is 6.42 Å². The lowest BCUT2D eigenvalue weighted by molar-refractivity contribution is 0.475. The molecule has 0 saturated carbocycles. The Morgan fingerprint density at radius 3 is 2.67 bits per heavy atom. The van der Waals surface area contributed by atoms with Crippen molar-refractivity contribution in [3.05, 3.63) is 52.9 Å². The fourth-order valence-corrected chi connectivity index (χ4v) is 3.01. The lowest BCUT2D eigenvalue weighted by Gasteiger charge is -2.10. The number of rotatable bonds is 5. The molecule has 0 amide bonds. The number of phenols is 1. The Morgan fingerprint density at radius 2 is 2.00 bits per heavy atom. The highest BCUT2D eigenvalue weighted by atomic mass is 32.1. The highest BCUT2D eigenvalue weighted by Gasteiger charge is 2.15. The highest BCUT2D eigenvalue weighted by Crippen LogP contribution is 2.29. The van der Waals surface area contributed by atoms with Gasteiger partial charge < -0.3 is 16.2 Å². The fraction of sp³-hybridized carbons (Fsp3) is 0.118. The average molecular weight is 337 g/mol. The van der Waals surface area contributed by atoms with E-state index in [1.807, 2.05) is 29.6 Å². The minimum Gasteiger partial charge on any atom is -0.508 e. The molecular formula is C17H15N5OS. The number of nitrogens with zero attached hydrogens (tertiary/aromatic N) is 3. The smallest absolute Gasteiger partial charge is 0.222 e. The van der Waals surface area contributed by atoms with Crippen molar-refractivity contribution in [3.63, 3.8) is 0 Å². The van der Waals surface area contributed by atoms with Crippen LogP contribution in [0.25, 0.3) is 10.6 Å². The quantitative estimate of drug-likeness (QED) is 0.660. The van der Waals surface area contributed by atoms with Crippen molar-refractivity contribution >= 4 is 23.1 Å². The van der Waals surface area contributed by atoms with Gasteiger partial charge in [0.05, 0.1) is 4.88 Å². The van der Waals surface area contributed by atoms with Crippen LogP contribution in [0.15, 0.2) is 41.8 Å². The molecule has 3 rings (SSSR count). The first-order chi connectivity index (χ1) is 11.7. The van der Waals surface area contributed by atoms with E-state index < -0.39 is 0 Å². The number of anilines is 2. The molecule has 0 aliphatic carbocycles. The van der Waals surface area contributed by atoms with Crippen molar-refractivity contribution in [2.75, 3.05) is 17.6 Å². The lowest BCUT2D eigenvalue weighted by Crippen LogP contribution is -2.11. The third-order valence-electron chi connectivity index (χ3n) is 3.44. The zero-order valence-corrected chi connectivity index (χ0v) is 13.5. The standard InChI is InChI=1S/C17H15N5OS/c18-10-13-15(14-2-1-9-24-14)21-17(19)22-16(13)20-8-7-11-3-5-12(23)6-4-11/h1-6,9,23H,7-8H2,(H3,19,20,21,22). The van der Waals surface area contributed by atoms with E-state index in [0.29, 0.717) is 23.6 Å². The van der Waals surface area contributed by atoms with E-state index in [4.69, 9.17) is 5.73 Å². The zero-order valence-electron chi connectivity index (χ0n) is 12.7. The molecule has 0 unspecified atom stereocenters. The van der Waals surface area contributed by atoms with Gasteiger partial charge in [-0.3, -0.25) is 0 Å². The molecule has 120 valence electrons. The van der Waals surface area contributed by atoms with E-state index in [2.05, 4.69) is 21.4 Å². The minimum absolute atomic E-state index is 0.129. The summed E-state index contributed by atoms with van der Waals surface area (Å²) in [5.74, 6) is 0.805. The fourth-order valence-electron chi connectivity index (χ4n) is 2.29. The van der Waals surface area contributed by atoms with Crippen molar-refractivity contribution in [1.29, 1.82) is 5.26 Å². The summed E-state index contributed by atoms with van der Waals surface area (Å²) in [6.45, 7) is 0.583. The molecule has 0 bridgehead atoms. The van der Waals surface area contributed by atoms with Crippen LogP contribution in [0.1, 0.15) is 11.1 Å². The second-order valence-electron chi connectivity index (χ2n) is 5.09. The molecule has 3 aromatic rings. The van der Waals surface area contributed by atoms with Crippen molar-refractivity contribution in [1.82, 2.24) is 9.97 Å². The normalized spacial score (nSPS) is 10.3. The second kappa shape index (κ2) is 6.98. The summed E-state index contributed by atoms with van der Waals surface area (Å²) in [7, 11) is 0. The van der Waals surface area contributed by atoms with Gasteiger partial charge in [-0.1, -0.05) is 18.2 Å². The van der Waals surface area contributed by atoms with Crippen molar-refractivity contribution in [2.45, 2.75) is 6.42 Å². The number of aromatic hydroxyl groups is 1. The van der Waals surface area contributed by atoms with Gasteiger partial charge in [0.15, 0.2) is 0 Å². The van der Waals surface area contributed by atoms with Crippen LogP contribution in [-0.4, -0.2) is 21.6 Å². The number of aromatic nitrogens is 2. The van der Waals surface area contributed by atoms with Gasteiger partial charge in [-0.05, 0) is 35.6 Å². The third kappa shape index (κ3) is 3.45. The first kappa shape index (κ1) is 15.8. The number of benzene rings is 1. The van der Waals surface area contributed by atoms with Gasteiger partial charge in [0.1, 0.15) is 28.9 Å². The topological polar surface area (TPSA) is 108 Å². The number of thiophene rings is 1. The van der Waals surface area contributed by atoms with Crippen LogP contribution < -0.4 is 11.1 Å². The number of hydrogen-bond acceptors (Lipinski definition) is 7. The summed E-state index contributed by atoms with van der Waals surface area (Å²) in [4.78, 5) is 9.24. The van der Waals surface area contributed by atoms with Gasteiger partial charge in [0, 0.05) is 6.54 Å². The molecule has 0 aliphatic rings. The van der Waals surface area contributed by atoms with Gasteiger partial charge in [-0.25, -0.2) is 4.98 Å². The van der Waals surface area contributed by atoms with E-state index in [-0.39, 0.29) is 11.7 Å². The summed E-state index contributed by atoms with van der Waals surface area (Å²) in [5.41, 5.74) is 7.80. The summed E-state index contributed by atoms with van der Waals surface area (Å²) >= 11 is 1.50. The molecule has 0 saturated heterocycles. The Kier molecular flexibility index (Phi) is 4.59. The maximum absolute atomic E-state index is 9.50.